The SMILES string of the molecule is CCON(C)C. The molecule has 0 aromatic heterocycles. The van der Waals surface area contributed by atoms with Gasteiger partial charge in [-0.25, -0.2) is 0 Å². The lowest BCUT2D eigenvalue weighted by Gasteiger charge is -2.05. The Kier molecular flexibility index (Phi) is 3.08. The van der Waals surface area contributed by atoms with Gasteiger partial charge in [0, 0.05) is 14.1 Å². The molecule has 0 atom stereocenters. The van der Waals surface area contributed by atoms with Gasteiger partial charge in [-0.2, -0.15) is 5.06 Å². The van der Waals surface area contributed by atoms with Gasteiger partial charge in [0.15, 0.2) is 0 Å². The Morgan fingerprint density at radius 3 is 2.00 bits per heavy atom. The van der Waals surface area contributed by atoms with Crippen molar-refractivity contribution in [3.63, 3.8) is 0 Å². The molecular formula is C4H11NO. The lowest BCUT2D eigenvalue weighted by molar-refractivity contribution is -0.113. The summed E-state index contributed by atoms with van der Waals surface area (Å²) in [6.07, 6.45) is 0. The van der Waals surface area contributed by atoms with Crippen molar-refractivity contribution in [2.24, 2.45) is 0 Å². The van der Waals surface area contributed by atoms with E-state index in [1.54, 1.807) is 5.06 Å². The van der Waals surface area contributed by atoms with Crippen LogP contribution in [0.5, 0.6) is 0 Å². The standard InChI is InChI=1S/C4H11NO/c1-4-6-5(2)3/h4H2,1-3H3. The molecule has 0 radical (unpaired) electrons. The van der Waals surface area contributed by atoms with Crippen LogP contribution in [0.1, 0.15) is 6.92 Å². The normalized spacial score (nSPS) is 10.0. The minimum atomic E-state index is 0.757. The molecule has 0 aliphatic carbocycles. The molecule has 38 valence electrons. The maximum absolute atomic E-state index is 4.88. The largest absolute Gasteiger partial charge is 0.300 e. The van der Waals surface area contributed by atoms with Crippen molar-refractivity contribution >= 4 is 0 Å². The second-order valence-electron chi connectivity index (χ2n) is 1.23. The summed E-state index contributed by atoms with van der Waals surface area (Å²) >= 11 is 0. The van der Waals surface area contributed by atoms with Crippen LogP contribution in [0, 0.1) is 0 Å². The number of rotatable bonds is 2. The summed E-state index contributed by atoms with van der Waals surface area (Å²) in [6, 6.07) is 0. The second kappa shape index (κ2) is 3.12. The van der Waals surface area contributed by atoms with E-state index in [9.17, 15) is 0 Å². The average molecular weight is 89.1 g/mol. The number of nitrogens with zero attached hydrogens (tertiary/aromatic N) is 1. The monoisotopic (exact) mass is 89.1 g/mol. The van der Waals surface area contributed by atoms with E-state index in [4.69, 9.17) is 4.84 Å². The van der Waals surface area contributed by atoms with E-state index in [1.165, 1.54) is 0 Å². The summed E-state index contributed by atoms with van der Waals surface area (Å²) in [5.41, 5.74) is 0. The zero-order valence-corrected chi connectivity index (χ0v) is 4.56. The molecule has 0 aliphatic heterocycles. The van der Waals surface area contributed by atoms with Gasteiger partial charge in [0.2, 0.25) is 0 Å². The van der Waals surface area contributed by atoms with E-state index in [0.29, 0.717) is 0 Å². The zero-order chi connectivity index (χ0) is 4.99. The molecule has 0 spiro atoms. The van der Waals surface area contributed by atoms with Crippen LogP contribution in [0.4, 0.5) is 0 Å². The van der Waals surface area contributed by atoms with Gasteiger partial charge in [-0.3, -0.25) is 4.84 Å². The maximum atomic E-state index is 4.88. The van der Waals surface area contributed by atoms with Crippen LogP contribution in [-0.4, -0.2) is 25.8 Å². The lowest BCUT2D eigenvalue weighted by Crippen LogP contribution is -2.11. The minimum absolute atomic E-state index is 0.757. The van der Waals surface area contributed by atoms with Crippen LogP contribution in [0.2, 0.25) is 0 Å². The van der Waals surface area contributed by atoms with Gasteiger partial charge in [0.1, 0.15) is 0 Å². The summed E-state index contributed by atoms with van der Waals surface area (Å²) in [4.78, 5) is 4.88. The molecule has 0 aromatic rings. The van der Waals surface area contributed by atoms with Crippen LogP contribution >= 0.6 is 0 Å². The molecule has 0 aliphatic rings. The molecule has 0 heterocycles. The van der Waals surface area contributed by atoms with E-state index >= 15 is 0 Å². The highest BCUT2D eigenvalue weighted by Crippen LogP contribution is 1.72. The van der Waals surface area contributed by atoms with E-state index < -0.39 is 0 Å². The zero-order valence-electron chi connectivity index (χ0n) is 4.56. The first-order chi connectivity index (χ1) is 2.77. The minimum Gasteiger partial charge on any atom is -0.300 e. The highest BCUT2D eigenvalue weighted by molar-refractivity contribution is 4.06. The predicted octanol–water partition coefficient (Wildman–Crippen LogP) is 0.500. The van der Waals surface area contributed by atoms with E-state index in [0.717, 1.165) is 6.61 Å². The maximum Gasteiger partial charge on any atom is 0.0656 e. The Balaban J connectivity index is 2.63. The first-order valence-corrected chi connectivity index (χ1v) is 2.07. The van der Waals surface area contributed by atoms with Gasteiger partial charge < -0.3 is 0 Å². The number of hydroxylamine groups is 2. The molecule has 0 saturated heterocycles. The average Bonchev–Trinajstić information content (AvgIpc) is 1.35. The molecule has 0 rings (SSSR count). The summed E-state index contributed by atoms with van der Waals surface area (Å²) in [5, 5.41) is 1.68. The van der Waals surface area contributed by atoms with E-state index in [2.05, 4.69) is 0 Å². The van der Waals surface area contributed by atoms with E-state index in [-0.39, 0.29) is 0 Å². The third-order valence-corrected chi connectivity index (χ3v) is 0.387. The Morgan fingerprint density at radius 2 is 2.00 bits per heavy atom. The molecule has 0 saturated carbocycles. The van der Waals surface area contributed by atoms with Crippen molar-refractivity contribution in [1.82, 2.24) is 5.06 Å². The van der Waals surface area contributed by atoms with Crippen molar-refractivity contribution in [3.8, 4) is 0 Å². The van der Waals surface area contributed by atoms with Gasteiger partial charge in [-0.05, 0) is 6.92 Å². The first kappa shape index (κ1) is 5.92. The highest BCUT2D eigenvalue weighted by Gasteiger charge is 1.77. The van der Waals surface area contributed by atoms with Crippen LogP contribution in [0.25, 0.3) is 0 Å². The molecule has 0 fully saturated rings. The van der Waals surface area contributed by atoms with Gasteiger partial charge in [0.05, 0.1) is 6.61 Å². The van der Waals surface area contributed by atoms with E-state index in [1.807, 2.05) is 21.0 Å². The molecular weight excluding hydrogens is 78.0 g/mol. The molecule has 6 heavy (non-hydrogen) atoms. The summed E-state index contributed by atoms with van der Waals surface area (Å²) in [6.45, 7) is 2.72. The summed E-state index contributed by atoms with van der Waals surface area (Å²) < 4.78 is 0. The summed E-state index contributed by atoms with van der Waals surface area (Å²) in [7, 11) is 3.73. The van der Waals surface area contributed by atoms with Crippen molar-refractivity contribution in [1.29, 1.82) is 0 Å². The quantitative estimate of drug-likeness (QED) is 0.457. The molecule has 0 aromatic carbocycles. The highest BCUT2D eigenvalue weighted by atomic mass is 16.7. The van der Waals surface area contributed by atoms with Crippen molar-refractivity contribution in [3.05, 3.63) is 0 Å². The van der Waals surface area contributed by atoms with Crippen molar-refractivity contribution < 1.29 is 4.84 Å². The topological polar surface area (TPSA) is 12.5 Å². The van der Waals surface area contributed by atoms with Crippen LogP contribution in [0.3, 0.4) is 0 Å². The van der Waals surface area contributed by atoms with Crippen LogP contribution in [-0.2, 0) is 4.84 Å². The molecule has 0 bridgehead atoms. The third-order valence-electron chi connectivity index (χ3n) is 0.387. The lowest BCUT2D eigenvalue weighted by atomic mass is 10.9. The predicted molar refractivity (Wildman–Crippen MR) is 25.3 cm³/mol. The Bertz CT molecular complexity index is 28.7. The van der Waals surface area contributed by atoms with Gasteiger partial charge in [0.25, 0.3) is 0 Å². The Morgan fingerprint density at radius 1 is 1.50 bits per heavy atom. The summed E-state index contributed by atoms with van der Waals surface area (Å²) in [5.74, 6) is 0. The molecule has 2 heteroatoms. The van der Waals surface area contributed by atoms with Gasteiger partial charge >= 0.3 is 0 Å². The molecule has 0 unspecified atom stereocenters. The van der Waals surface area contributed by atoms with Gasteiger partial charge in [-0.15, -0.1) is 0 Å². The second-order valence-corrected chi connectivity index (χ2v) is 1.23. The molecule has 0 amide bonds. The van der Waals surface area contributed by atoms with Crippen LogP contribution in [0.15, 0.2) is 0 Å². The fourth-order valence-corrected chi connectivity index (χ4v) is 0.258. The van der Waals surface area contributed by atoms with Crippen LogP contribution < -0.4 is 0 Å². The first-order valence-electron chi connectivity index (χ1n) is 2.07. The number of hydrogen-bond acceptors (Lipinski definition) is 2. The smallest absolute Gasteiger partial charge is 0.0656 e. The fourth-order valence-electron chi connectivity index (χ4n) is 0.258. The molecule has 2 nitrogen and oxygen atoms in total. The van der Waals surface area contributed by atoms with Crippen molar-refractivity contribution in [2.75, 3.05) is 20.7 Å². The van der Waals surface area contributed by atoms with Crippen molar-refractivity contribution in [2.45, 2.75) is 6.92 Å². The Hall–Kier alpha value is -0.0800. The third kappa shape index (κ3) is 3.92. The number of hydrogen-bond donors (Lipinski definition) is 0. The Labute approximate surface area is 38.7 Å². The molecule has 0 N–H and O–H groups in total. The fraction of sp³-hybridized carbons (Fsp3) is 1.00. The van der Waals surface area contributed by atoms with Gasteiger partial charge in [-0.1, -0.05) is 0 Å².